The molecular weight excluding hydrogens is 318 g/mol. The fraction of sp³-hybridized carbons (Fsp3) is 0.571. The topological polar surface area (TPSA) is 104 Å². The minimum atomic E-state index is -3.65. The molecule has 17 heavy (non-hydrogen) atoms. The van der Waals surface area contributed by atoms with Crippen molar-refractivity contribution in [3.63, 3.8) is 0 Å². The predicted molar refractivity (Wildman–Crippen MR) is 62.3 cm³/mol. The number of halogens is 1. The second kappa shape index (κ2) is 5.56. The largest absolute Gasteiger partial charge is 0.312 e. The summed E-state index contributed by atoms with van der Waals surface area (Å²) in [4.78, 5) is 10.1. The van der Waals surface area contributed by atoms with Crippen LogP contribution in [0.1, 0.15) is 5.69 Å². The maximum Gasteiger partial charge on any atom is 0.312 e. The Balaban J connectivity index is 3.00. The Morgan fingerprint density at radius 2 is 2.29 bits per heavy atom. The molecule has 8 nitrogen and oxygen atoms in total. The van der Waals surface area contributed by atoms with Gasteiger partial charge in [-0.15, -0.1) is 0 Å². The Bertz CT molecular complexity index is 512. The molecule has 1 aromatic rings. The smallest absolute Gasteiger partial charge is 0.264 e. The predicted octanol–water partition coefficient (Wildman–Crippen LogP) is 0.662. The van der Waals surface area contributed by atoms with Gasteiger partial charge in [0.2, 0.25) is 0 Å². The van der Waals surface area contributed by atoms with E-state index in [0.717, 1.165) is 12.5 Å². The first-order chi connectivity index (χ1) is 7.85. The normalized spacial score (nSPS) is 11.6. The van der Waals surface area contributed by atoms with Crippen LogP contribution in [0.4, 0.5) is 5.69 Å². The van der Waals surface area contributed by atoms with Crippen molar-refractivity contribution in [1.29, 1.82) is 0 Å². The van der Waals surface area contributed by atoms with Gasteiger partial charge in [-0.05, 0) is 0 Å². The van der Waals surface area contributed by atoms with E-state index in [0.29, 0.717) is 11.9 Å². The van der Waals surface area contributed by atoms with Gasteiger partial charge in [0.05, 0.1) is 17.7 Å². The molecule has 0 aliphatic heterocycles. The third-order valence-corrected chi connectivity index (χ3v) is 2.73. The summed E-state index contributed by atoms with van der Waals surface area (Å²) in [5, 5.41) is 15.0. The van der Waals surface area contributed by atoms with E-state index < -0.39 is 21.6 Å². The number of rotatable bonds is 6. The lowest BCUT2D eigenvalue weighted by Crippen LogP contribution is -2.11. The summed E-state index contributed by atoms with van der Waals surface area (Å²) in [6.07, 6.45) is 1.95. The molecule has 0 amide bonds. The molecule has 0 aromatic carbocycles. The molecule has 0 N–H and O–H groups in total. The van der Waals surface area contributed by atoms with Crippen LogP contribution in [0.15, 0.2) is 6.20 Å². The molecule has 0 saturated carbocycles. The highest BCUT2D eigenvalue weighted by Gasteiger charge is 2.21. The van der Waals surface area contributed by atoms with E-state index in [1.807, 2.05) is 0 Å². The van der Waals surface area contributed by atoms with E-state index in [1.165, 1.54) is 4.68 Å². The maximum absolute atomic E-state index is 10.8. The molecule has 0 aliphatic rings. The van der Waals surface area contributed by atoms with Gasteiger partial charge < -0.3 is 0 Å². The first kappa shape index (κ1) is 14.1. The molecule has 0 atom stereocenters. The third-order valence-electron chi connectivity index (χ3n) is 1.83. The molecule has 0 saturated heterocycles. The Morgan fingerprint density at radius 1 is 1.65 bits per heavy atom. The van der Waals surface area contributed by atoms with Crippen molar-refractivity contribution in [2.75, 3.05) is 11.6 Å². The Labute approximate surface area is 106 Å². The van der Waals surface area contributed by atoms with Crippen molar-refractivity contribution >= 4 is 31.7 Å². The summed E-state index contributed by atoms with van der Waals surface area (Å²) in [7, 11) is -3.65. The van der Waals surface area contributed by atoms with Gasteiger partial charge in [0.25, 0.3) is 10.1 Å². The minimum Gasteiger partial charge on any atom is -0.264 e. The summed E-state index contributed by atoms with van der Waals surface area (Å²) in [6, 6.07) is 0. The van der Waals surface area contributed by atoms with E-state index in [2.05, 4.69) is 25.2 Å². The van der Waals surface area contributed by atoms with Gasteiger partial charge in [-0.3, -0.25) is 19.0 Å². The zero-order valence-electron chi connectivity index (χ0n) is 8.87. The standard InChI is InChI=1S/C7H10BrN3O5S/c1-17(14,15)16-5-7-6(11(12)13)4-9-10(7)3-2-8/h4H,2-3,5H2,1H3. The van der Waals surface area contributed by atoms with Gasteiger partial charge in [-0.2, -0.15) is 13.5 Å². The average molecular weight is 328 g/mol. The molecule has 1 rings (SSSR count). The zero-order valence-corrected chi connectivity index (χ0v) is 11.3. The molecular formula is C7H10BrN3O5S. The van der Waals surface area contributed by atoms with E-state index in [1.54, 1.807) is 0 Å². The highest BCUT2D eigenvalue weighted by Crippen LogP contribution is 2.19. The Kier molecular flexibility index (Phi) is 4.60. The van der Waals surface area contributed by atoms with Gasteiger partial charge in [0.15, 0.2) is 0 Å². The molecule has 96 valence electrons. The van der Waals surface area contributed by atoms with Crippen LogP contribution in [-0.4, -0.2) is 34.7 Å². The molecule has 0 bridgehead atoms. The number of hydrogen-bond donors (Lipinski definition) is 0. The molecule has 0 fully saturated rings. The number of nitro groups is 1. The van der Waals surface area contributed by atoms with Crippen molar-refractivity contribution in [2.24, 2.45) is 0 Å². The Hall–Kier alpha value is -1.00. The highest BCUT2D eigenvalue weighted by atomic mass is 79.9. The van der Waals surface area contributed by atoms with Gasteiger partial charge in [0.1, 0.15) is 18.5 Å². The number of aryl methyl sites for hydroxylation is 1. The van der Waals surface area contributed by atoms with Crippen LogP contribution in [0.2, 0.25) is 0 Å². The summed E-state index contributed by atoms with van der Waals surface area (Å²) < 4.78 is 27.6. The second-order valence-corrected chi connectivity index (χ2v) is 5.55. The van der Waals surface area contributed by atoms with Crippen LogP contribution < -0.4 is 0 Å². The van der Waals surface area contributed by atoms with Crippen LogP contribution in [0, 0.1) is 10.1 Å². The highest BCUT2D eigenvalue weighted by molar-refractivity contribution is 9.09. The first-order valence-electron chi connectivity index (χ1n) is 4.44. The number of nitrogens with zero attached hydrogens (tertiary/aromatic N) is 3. The van der Waals surface area contributed by atoms with Gasteiger partial charge in [-0.25, -0.2) is 0 Å². The molecule has 10 heteroatoms. The van der Waals surface area contributed by atoms with Crippen molar-refractivity contribution in [1.82, 2.24) is 9.78 Å². The lowest BCUT2D eigenvalue weighted by Gasteiger charge is -2.04. The average Bonchev–Trinajstić information content (AvgIpc) is 2.57. The molecule has 0 radical (unpaired) electrons. The Morgan fingerprint density at radius 3 is 2.76 bits per heavy atom. The number of aromatic nitrogens is 2. The van der Waals surface area contributed by atoms with E-state index in [9.17, 15) is 18.5 Å². The fourth-order valence-electron chi connectivity index (χ4n) is 1.14. The van der Waals surface area contributed by atoms with Crippen molar-refractivity contribution in [3.8, 4) is 0 Å². The molecule has 0 unspecified atom stereocenters. The van der Waals surface area contributed by atoms with Crippen LogP contribution in [0.3, 0.4) is 0 Å². The van der Waals surface area contributed by atoms with Crippen LogP contribution in [0.5, 0.6) is 0 Å². The van der Waals surface area contributed by atoms with Crippen LogP contribution in [-0.2, 0) is 27.5 Å². The van der Waals surface area contributed by atoms with Gasteiger partial charge >= 0.3 is 5.69 Å². The molecule has 0 spiro atoms. The monoisotopic (exact) mass is 327 g/mol. The molecule has 1 heterocycles. The van der Waals surface area contributed by atoms with Crippen molar-refractivity contribution in [2.45, 2.75) is 13.2 Å². The third kappa shape index (κ3) is 4.06. The van der Waals surface area contributed by atoms with Crippen molar-refractivity contribution < 1.29 is 17.5 Å². The quantitative estimate of drug-likeness (QED) is 0.329. The fourth-order valence-corrected chi connectivity index (χ4v) is 1.80. The molecule has 1 aromatic heterocycles. The summed E-state index contributed by atoms with van der Waals surface area (Å²) >= 11 is 3.17. The number of alkyl halides is 1. The second-order valence-electron chi connectivity index (χ2n) is 3.11. The summed E-state index contributed by atoms with van der Waals surface area (Å²) in [5.74, 6) is 0. The SMILES string of the molecule is CS(=O)(=O)OCc1c([N+](=O)[O-])cnn1CCBr. The zero-order chi connectivity index (χ0) is 13.1. The maximum atomic E-state index is 10.8. The van der Waals surface area contributed by atoms with Crippen molar-refractivity contribution in [3.05, 3.63) is 22.0 Å². The first-order valence-corrected chi connectivity index (χ1v) is 7.38. The van der Waals surface area contributed by atoms with E-state index >= 15 is 0 Å². The summed E-state index contributed by atoms with van der Waals surface area (Å²) in [5.41, 5.74) is -0.130. The summed E-state index contributed by atoms with van der Waals surface area (Å²) in [6.45, 7) is -0.0154. The number of hydrogen-bond acceptors (Lipinski definition) is 6. The molecule has 0 aliphatic carbocycles. The van der Waals surface area contributed by atoms with E-state index in [-0.39, 0.29) is 11.4 Å². The van der Waals surface area contributed by atoms with Gasteiger partial charge in [-0.1, -0.05) is 15.9 Å². The van der Waals surface area contributed by atoms with Crippen LogP contribution >= 0.6 is 15.9 Å². The van der Waals surface area contributed by atoms with Gasteiger partial charge in [0, 0.05) is 5.33 Å². The lowest BCUT2D eigenvalue weighted by molar-refractivity contribution is -0.385. The minimum absolute atomic E-state index is 0.125. The van der Waals surface area contributed by atoms with Crippen LogP contribution in [0.25, 0.3) is 0 Å². The lowest BCUT2D eigenvalue weighted by atomic mass is 10.4. The van der Waals surface area contributed by atoms with E-state index in [4.69, 9.17) is 0 Å².